The van der Waals surface area contributed by atoms with Crippen molar-refractivity contribution in [2.75, 3.05) is 85.9 Å². The van der Waals surface area contributed by atoms with Crippen molar-refractivity contribution in [2.45, 2.75) is 64.5 Å². The van der Waals surface area contributed by atoms with Crippen LogP contribution < -0.4 is 0 Å². The maximum atomic E-state index is 11.9. The monoisotopic (exact) mass is 518 g/mol. The molecule has 8 nitrogen and oxygen atoms in total. The molecule has 0 bridgehead atoms. The summed E-state index contributed by atoms with van der Waals surface area (Å²) < 4.78 is 71.6. The number of esters is 1. The molecule has 0 aliphatic carbocycles. The lowest BCUT2D eigenvalue weighted by molar-refractivity contribution is -0.200. The molecule has 0 fully saturated rings. The topological polar surface area (TPSA) is 81.7 Å². The zero-order chi connectivity index (χ0) is 25.9. The average molecular weight is 519 g/mol. The van der Waals surface area contributed by atoms with Gasteiger partial charge in [-0.05, 0) is 6.42 Å². The van der Waals surface area contributed by atoms with E-state index >= 15 is 0 Å². The Morgan fingerprint density at radius 3 is 1.17 bits per heavy atom. The molecule has 11 heteroatoms. The molecular weight excluding hydrogens is 473 g/mol. The summed E-state index contributed by atoms with van der Waals surface area (Å²) in [5.41, 5.74) is 0. The smallest absolute Gasteiger partial charge is 0.457 e. The molecule has 0 radical (unpaired) electrons. The minimum Gasteiger partial charge on any atom is -0.457 e. The zero-order valence-corrected chi connectivity index (χ0v) is 21.2. The van der Waals surface area contributed by atoms with E-state index in [0.717, 1.165) is 13.0 Å². The second-order valence-electron chi connectivity index (χ2n) is 7.78. The van der Waals surface area contributed by atoms with Crippen molar-refractivity contribution < 1.29 is 51.1 Å². The predicted molar refractivity (Wildman–Crippen MR) is 125 cm³/mol. The van der Waals surface area contributed by atoms with Gasteiger partial charge in [0, 0.05) is 6.61 Å². The zero-order valence-electron chi connectivity index (χ0n) is 21.2. The first-order valence-electron chi connectivity index (χ1n) is 12.7. The summed E-state index contributed by atoms with van der Waals surface area (Å²) in [6, 6.07) is 0. The second kappa shape index (κ2) is 26.1. The largest absolute Gasteiger partial charge is 0.490 e. The molecule has 210 valence electrons. The number of unbranched alkanes of at least 4 members (excludes halogenated alkanes) is 7. The lowest BCUT2D eigenvalue weighted by atomic mass is 10.1. The maximum Gasteiger partial charge on any atom is 0.490 e. The van der Waals surface area contributed by atoms with Gasteiger partial charge in [0.1, 0.15) is 6.61 Å². The Morgan fingerprint density at radius 1 is 0.486 bits per heavy atom. The van der Waals surface area contributed by atoms with E-state index in [4.69, 9.17) is 28.4 Å². The van der Waals surface area contributed by atoms with Gasteiger partial charge in [-0.25, -0.2) is 4.79 Å². The number of carbonyl (C=O) groups is 1. The minimum atomic E-state index is -4.98. The fraction of sp³-hybridized carbons (Fsp3) is 0.958. The van der Waals surface area contributed by atoms with Crippen molar-refractivity contribution in [1.82, 2.24) is 0 Å². The molecule has 0 unspecified atom stereocenters. The molecule has 0 aromatic heterocycles. The van der Waals surface area contributed by atoms with E-state index in [9.17, 15) is 18.0 Å². The van der Waals surface area contributed by atoms with E-state index in [2.05, 4.69) is 11.7 Å². The Bertz CT molecular complexity index is 453. The summed E-state index contributed by atoms with van der Waals surface area (Å²) in [5, 5.41) is 0. The van der Waals surface area contributed by atoms with E-state index in [1.807, 2.05) is 0 Å². The van der Waals surface area contributed by atoms with Crippen LogP contribution in [0.15, 0.2) is 0 Å². The van der Waals surface area contributed by atoms with E-state index < -0.39 is 18.8 Å². The molecular formula is C24H45F3O8. The van der Waals surface area contributed by atoms with E-state index in [-0.39, 0.29) is 19.8 Å². The first-order chi connectivity index (χ1) is 17.0. The van der Waals surface area contributed by atoms with Gasteiger partial charge in [0.05, 0.1) is 72.7 Å². The van der Waals surface area contributed by atoms with Gasteiger partial charge in [-0.15, -0.1) is 0 Å². The fourth-order valence-electron chi connectivity index (χ4n) is 2.81. The van der Waals surface area contributed by atoms with Crippen molar-refractivity contribution in [3.8, 4) is 0 Å². The Hall–Kier alpha value is -0.980. The van der Waals surface area contributed by atoms with Gasteiger partial charge in [0.25, 0.3) is 0 Å². The summed E-state index contributed by atoms with van der Waals surface area (Å²) >= 11 is 0. The quantitative estimate of drug-likeness (QED) is 0.117. The van der Waals surface area contributed by atoms with Gasteiger partial charge in [-0.2, -0.15) is 13.2 Å². The number of hydrogen-bond acceptors (Lipinski definition) is 8. The van der Waals surface area contributed by atoms with Crippen molar-refractivity contribution in [1.29, 1.82) is 0 Å². The fourth-order valence-corrected chi connectivity index (χ4v) is 2.81. The van der Waals surface area contributed by atoms with Gasteiger partial charge >= 0.3 is 12.1 Å². The summed E-state index contributed by atoms with van der Waals surface area (Å²) in [6.07, 6.45) is 5.36. The molecule has 0 aromatic carbocycles. The number of ether oxygens (including phenoxy) is 7. The third-order valence-electron chi connectivity index (χ3n) is 4.69. The molecule has 0 aliphatic rings. The minimum absolute atomic E-state index is 0.130. The molecule has 0 rings (SSSR count). The van der Waals surface area contributed by atoms with Crippen molar-refractivity contribution in [3.63, 3.8) is 0 Å². The standard InChI is InChI=1S/C24H45F3O8/c1-2-3-4-5-6-7-8-9-10-29-11-12-30-13-14-31-15-16-32-17-18-33-19-20-34-21-22-35-23(28)24(25,26)27/h2-22H2,1H3. The number of carbonyl (C=O) groups excluding carboxylic acids is 1. The molecule has 0 N–H and O–H groups in total. The van der Waals surface area contributed by atoms with Gasteiger partial charge in [-0.1, -0.05) is 51.9 Å². The molecule has 0 saturated carbocycles. The lowest BCUT2D eigenvalue weighted by Crippen LogP contribution is -2.26. The predicted octanol–water partition coefficient (Wildman–Crippen LogP) is 4.33. The summed E-state index contributed by atoms with van der Waals surface area (Å²) in [6.45, 7) is 6.70. The Morgan fingerprint density at radius 2 is 0.800 bits per heavy atom. The van der Waals surface area contributed by atoms with Crippen molar-refractivity contribution >= 4 is 5.97 Å². The number of alkyl halides is 3. The van der Waals surface area contributed by atoms with Crippen LogP contribution in [-0.4, -0.2) is 98.0 Å². The molecule has 0 atom stereocenters. The number of halogens is 3. The SMILES string of the molecule is CCCCCCCCCCOCCOCCOCCOCCOCCOCCOC(=O)C(F)(F)F. The highest BCUT2D eigenvalue weighted by molar-refractivity contribution is 5.75. The Balaban J connectivity index is 3.08. The lowest BCUT2D eigenvalue weighted by Gasteiger charge is -2.09. The number of hydrogen-bond donors (Lipinski definition) is 0. The highest BCUT2D eigenvalue weighted by atomic mass is 19.4. The van der Waals surface area contributed by atoms with Gasteiger partial charge in [0.2, 0.25) is 0 Å². The molecule has 0 aliphatic heterocycles. The van der Waals surface area contributed by atoms with Crippen molar-refractivity contribution in [3.05, 3.63) is 0 Å². The van der Waals surface area contributed by atoms with E-state index in [0.29, 0.717) is 52.9 Å². The highest BCUT2D eigenvalue weighted by Gasteiger charge is 2.40. The van der Waals surface area contributed by atoms with Crippen LogP contribution in [0.3, 0.4) is 0 Å². The molecule has 0 spiro atoms. The van der Waals surface area contributed by atoms with Crippen LogP contribution in [0, 0.1) is 0 Å². The van der Waals surface area contributed by atoms with Crippen molar-refractivity contribution in [2.24, 2.45) is 0 Å². The van der Waals surface area contributed by atoms with Crippen LogP contribution in [0.2, 0.25) is 0 Å². The average Bonchev–Trinajstić information content (AvgIpc) is 2.82. The van der Waals surface area contributed by atoms with Gasteiger partial charge < -0.3 is 33.2 Å². The van der Waals surface area contributed by atoms with Crippen LogP contribution in [0.4, 0.5) is 13.2 Å². The summed E-state index contributed by atoms with van der Waals surface area (Å²) in [7, 11) is 0. The first kappa shape index (κ1) is 34.0. The van der Waals surface area contributed by atoms with Crippen LogP contribution >= 0.6 is 0 Å². The van der Waals surface area contributed by atoms with Crippen LogP contribution in [0.1, 0.15) is 58.3 Å². The number of rotatable bonds is 27. The summed E-state index contributed by atoms with van der Waals surface area (Å²) in [5.74, 6) is -2.22. The van der Waals surface area contributed by atoms with Gasteiger partial charge in [0.15, 0.2) is 0 Å². The van der Waals surface area contributed by atoms with E-state index in [1.165, 1.54) is 44.9 Å². The van der Waals surface area contributed by atoms with E-state index in [1.54, 1.807) is 0 Å². The molecule has 0 aromatic rings. The van der Waals surface area contributed by atoms with Crippen LogP contribution in [0.5, 0.6) is 0 Å². The van der Waals surface area contributed by atoms with Crippen LogP contribution in [-0.2, 0) is 38.0 Å². The third-order valence-corrected chi connectivity index (χ3v) is 4.69. The molecule has 0 amide bonds. The maximum absolute atomic E-state index is 11.9. The Labute approximate surface area is 208 Å². The normalized spacial score (nSPS) is 11.8. The van der Waals surface area contributed by atoms with Crippen LogP contribution in [0.25, 0.3) is 0 Å². The Kier molecular flexibility index (Phi) is 25.4. The first-order valence-corrected chi connectivity index (χ1v) is 12.7. The molecule has 0 heterocycles. The highest BCUT2D eigenvalue weighted by Crippen LogP contribution is 2.16. The summed E-state index contributed by atoms with van der Waals surface area (Å²) in [4.78, 5) is 10.4. The van der Waals surface area contributed by atoms with Gasteiger partial charge in [-0.3, -0.25) is 0 Å². The second-order valence-corrected chi connectivity index (χ2v) is 7.78. The molecule has 35 heavy (non-hydrogen) atoms. The molecule has 0 saturated heterocycles. The third kappa shape index (κ3) is 27.5.